The highest BCUT2D eigenvalue weighted by Crippen LogP contribution is 2.22. The lowest BCUT2D eigenvalue weighted by Crippen LogP contribution is -2.02. The van der Waals surface area contributed by atoms with Crippen molar-refractivity contribution in [1.29, 1.82) is 0 Å². The number of aliphatic hydroxyl groups excluding tert-OH is 1. The highest BCUT2D eigenvalue weighted by molar-refractivity contribution is 5.38. The highest BCUT2D eigenvalue weighted by Gasteiger charge is 2.08. The second kappa shape index (κ2) is 3.93. The average Bonchev–Trinajstić information content (AvgIpc) is 2.10. The van der Waals surface area contributed by atoms with Gasteiger partial charge in [0.05, 0.1) is 0 Å². The van der Waals surface area contributed by atoms with Crippen molar-refractivity contribution in [2.24, 2.45) is 0 Å². The second-order valence-corrected chi connectivity index (χ2v) is 3.88. The Kier molecular flexibility index (Phi) is 3.10. The molecule has 0 aliphatic carbocycles. The summed E-state index contributed by atoms with van der Waals surface area (Å²) >= 11 is 0. The lowest BCUT2D eigenvalue weighted by Gasteiger charge is -2.14. The summed E-state index contributed by atoms with van der Waals surface area (Å²) in [7, 11) is 0. The Hall–Kier alpha value is -0.820. The molecule has 1 N–H and O–H groups in total. The van der Waals surface area contributed by atoms with E-state index in [9.17, 15) is 0 Å². The molecule has 72 valence electrons. The summed E-state index contributed by atoms with van der Waals surface area (Å²) in [5.74, 6) is 0.249. The minimum Gasteiger partial charge on any atom is -0.396 e. The van der Waals surface area contributed by atoms with Crippen LogP contribution in [0.1, 0.15) is 35.1 Å². The SMILES string of the molecule is Cc1cc(C)c(C(C)CO)cc1C. The first-order valence-corrected chi connectivity index (χ1v) is 4.75. The van der Waals surface area contributed by atoms with Crippen molar-refractivity contribution >= 4 is 0 Å². The van der Waals surface area contributed by atoms with E-state index in [0.29, 0.717) is 0 Å². The molecule has 1 nitrogen and oxygen atoms in total. The monoisotopic (exact) mass is 178 g/mol. The smallest absolute Gasteiger partial charge is 0.0497 e. The standard InChI is InChI=1S/C12H18O/c1-8-5-10(3)12(6-9(8)2)11(4)7-13/h5-6,11,13H,7H2,1-4H3. The maximum absolute atomic E-state index is 9.07. The Bertz CT molecular complexity index is 302. The zero-order valence-corrected chi connectivity index (χ0v) is 8.89. The summed E-state index contributed by atoms with van der Waals surface area (Å²) < 4.78 is 0. The van der Waals surface area contributed by atoms with Crippen LogP contribution >= 0.6 is 0 Å². The van der Waals surface area contributed by atoms with Gasteiger partial charge in [0.1, 0.15) is 0 Å². The fourth-order valence-corrected chi connectivity index (χ4v) is 1.61. The van der Waals surface area contributed by atoms with E-state index in [1.165, 1.54) is 22.3 Å². The van der Waals surface area contributed by atoms with Crippen molar-refractivity contribution in [3.63, 3.8) is 0 Å². The van der Waals surface area contributed by atoms with Gasteiger partial charge in [-0.1, -0.05) is 19.1 Å². The van der Waals surface area contributed by atoms with E-state index in [1.807, 2.05) is 0 Å². The zero-order chi connectivity index (χ0) is 10.0. The van der Waals surface area contributed by atoms with Crippen molar-refractivity contribution in [3.8, 4) is 0 Å². The molecule has 0 aromatic heterocycles. The summed E-state index contributed by atoms with van der Waals surface area (Å²) in [5, 5.41) is 9.07. The van der Waals surface area contributed by atoms with Crippen LogP contribution in [0.2, 0.25) is 0 Å². The van der Waals surface area contributed by atoms with Crippen LogP contribution < -0.4 is 0 Å². The molecule has 0 aliphatic rings. The maximum Gasteiger partial charge on any atom is 0.0497 e. The van der Waals surface area contributed by atoms with Crippen LogP contribution in [-0.2, 0) is 0 Å². The molecule has 1 aromatic carbocycles. The van der Waals surface area contributed by atoms with Gasteiger partial charge in [-0.2, -0.15) is 0 Å². The Labute approximate surface area is 80.4 Å². The van der Waals surface area contributed by atoms with Crippen LogP contribution in [0.4, 0.5) is 0 Å². The van der Waals surface area contributed by atoms with E-state index in [0.717, 1.165) is 0 Å². The van der Waals surface area contributed by atoms with Gasteiger partial charge >= 0.3 is 0 Å². The van der Waals surface area contributed by atoms with Gasteiger partial charge in [0.25, 0.3) is 0 Å². The minimum absolute atomic E-state index is 0.226. The first-order valence-electron chi connectivity index (χ1n) is 4.75. The topological polar surface area (TPSA) is 20.2 Å². The van der Waals surface area contributed by atoms with E-state index in [1.54, 1.807) is 0 Å². The summed E-state index contributed by atoms with van der Waals surface area (Å²) in [6, 6.07) is 4.38. The van der Waals surface area contributed by atoms with Gasteiger partial charge in [-0.05, 0) is 43.0 Å². The molecule has 0 heterocycles. The lowest BCUT2D eigenvalue weighted by atomic mass is 9.93. The molecule has 0 radical (unpaired) electrons. The van der Waals surface area contributed by atoms with Crippen LogP contribution in [-0.4, -0.2) is 11.7 Å². The van der Waals surface area contributed by atoms with Crippen LogP contribution in [0.15, 0.2) is 12.1 Å². The number of aryl methyl sites for hydroxylation is 3. The molecular formula is C12H18O. The number of aliphatic hydroxyl groups is 1. The summed E-state index contributed by atoms with van der Waals surface area (Å²) in [6.07, 6.45) is 0. The van der Waals surface area contributed by atoms with Crippen LogP contribution in [0.25, 0.3) is 0 Å². The van der Waals surface area contributed by atoms with Gasteiger partial charge in [-0.25, -0.2) is 0 Å². The largest absolute Gasteiger partial charge is 0.396 e. The van der Waals surface area contributed by atoms with Crippen molar-refractivity contribution in [2.75, 3.05) is 6.61 Å². The molecule has 13 heavy (non-hydrogen) atoms. The van der Waals surface area contributed by atoms with Crippen molar-refractivity contribution in [3.05, 3.63) is 34.4 Å². The number of benzene rings is 1. The first kappa shape index (κ1) is 10.3. The molecular weight excluding hydrogens is 160 g/mol. The first-order chi connectivity index (χ1) is 6.06. The van der Waals surface area contributed by atoms with E-state index in [-0.39, 0.29) is 12.5 Å². The third-order valence-corrected chi connectivity index (χ3v) is 2.69. The quantitative estimate of drug-likeness (QED) is 0.738. The number of hydrogen-bond donors (Lipinski definition) is 1. The van der Waals surface area contributed by atoms with E-state index >= 15 is 0 Å². The maximum atomic E-state index is 9.07. The van der Waals surface area contributed by atoms with Crippen molar-refractivity contribution in [2.45, 2.75) is 33.6 Å². The molecule has 0 saturated heterocycles. The van der Waals surface area contributed by atoms with Gasteiger partial charge in [-0.3, -0.25) is 0 Å². The van der Waals surface area contributed by atoms with Gasteiger partial charge in [0.15, 0.2) is 0 Å². The second-order valence-electron chi connectivity index (χ2n) is 3.88. The van der Waals surface area contributed by atoms with Crippen molar-refractivity contribution in [1.82, 2.24) is 0 Å². The molecule has 0 amide bonds. The molecule has 0 fully saturated rings. The average molecular weight is 178 g/mol. The van der Waals surface area contributed by atoms with Gasteiger partial charge in [0, 0.05) is 12.5 Å². The van der Waals surface area contributed by atoms with E-state index < -0.39 is 0 Å². The Morgan fingerprint density at radius 2 is 1.62 bits per heavy atom. The third-order valence-electron chi connectivity index (χ3n) is 2.69. The third kappa shape index (κ3) is 2.10. The fraction of sp³-hybridized carbons (Fsp3) is 0.500. The molecule has 1 atom stereocenters. The normalized spacial score (nSPS) is 13.0. The fourth-order valence-electron chi connectivity index (χ4n) is 1.61. The number of hydrogen-bond acceptors (Lipinski definition) is 1. The molecule has 1 heteroatoms. The Balaban J connectivity index is 3.15. The van der Waals surface area contributed by atoms with Crippen molar-refractivity contribution < 1.29 is 5.11 Å². The molecule has 1 aromatic rings. The van der Waals surface area contributed by atoms with E-state index in [4.69, 9.17) is 5.11 Å². The summed E-state index contributed by atoms with van der Waals surface area (Å²) in [4.78, 5) is 0. The highest BCUT2D eigenvalue weighted by atomic mass is 16.3. The van der Waals surface area contributed by atoms with E-state index in [2.05, 4.69) is 39.8 Å². The molecule has 0 saturated carbocycles. The van der Waals surface area contributed by atoms with Gasteiger partial charge in [0.2, 0.25) is 0 Å². The molecule has 0 spiro atoms. The molecule has 1 unspecified atom stereocenters. The predicted molar refractivity (Wildman–Crippen MR) is 56.2 cm³/mol. The van der Waals surface area contributed by atoms with Gasteiger partial charge < -0.3 is 5.11 Å². The lowest BCUT2D eigenvalue weighted by molar-refractivity contribution is 0.272. The predicted octanol–water partition coefficient (Wildman–Crippen LogP) is 2.71. The zero-order valence-electron chi connectivity index (χ0n) is 8.89. The van der Waals surface area contributed by atoms with Gasteiger partial charge in [-0.15, -0.1) is 0 Å². The molecule has 0 aliphatic heterocycles. The minimum atomic E-state index is 0.226. The number of rotatable bonds is 2. The molecule has 1 rings (SSSR count). The molecule has 0 bridgehead atoms. The van der Waals surface area contributed by atoms with Crippen LogP contribution in [0, 0.1) is 20.8 Å². The van der Waals surface area contributed by atoms with Crippen LogP contribution in [0.3, 0.4) is 0 Å². The Morgan fingerprint density at radius 3 is 2.15 bits per heavy atom. The summed E-state index contributed by atoms with van der Waals surface area (Å²) in [6.45, 7) is 8.62. The Morgan fingerprint density at radius 1 is 1.08 bits per heavy atom. The summed E-state index contributed by atoms with van der Waals surface area (Å²) in [5.41, 5.74) is 5.18. The van der Waals surface area contributed by atoms with Crippen LogP contribution in [0.5, 0.6) is 0 Å².